The average Bonchev–Trinajstić information content (AvgIpc) is 3.90. The number of hydrogen-bond acceptors (Lipinski definition) is 4. The summed E-state index contributed by atoms with van der Waals surface area (Å²) in [5.41, 5.74) is 16.4. The van der Waals surface area contributed by atoms with Crippen molar-refractivity contribution in [2.24, 2.45) is 0 Å². The highest BCUT2D eigenvalue weighted by Crippen LogP contribution is 2.48. The predicted molar refractivity (Wildman–Crippen MR) is 279 cm³/mol. The van der Waals surface area contributed by atoms with Crippen molar-refractivity contribution in [2.75, 3.05) is 9.80 Å². The van der Waals surface area contributed by atoms with E-state index in [1.165, 1.54) is 60.1 Å². The summed E-state index contributed by atoms with van der Waals surface area (Å²) in [6.07, 6.45) is 2.26. The van der Waals surface area contributed by atoms with E-state index < -0.39 is 0 Å². The summed E-state index contributed by atoms with van der Waals surface area (Å²) in [5, 5.41) is 10.6. The highest BCUT2D eigenvalue weighted by atomic mass is 16.3. The second-order valence-corrected chi connectivity index (χ2v) is 17.7. The standard InChI is InChI=1S/C59H50N2O2.C2H4/c1-8-40-26-28-48-51(61(50-30-23-37(5)33-39(50)7)53-20-13-18-47-46-16-11-15-43(35(2)3)57(46)63-59(47)53)31-27-41-24-25-42(55(40)56(41)48)34-60(49-29-22-36(4)32-38(49)6)52-19-12-17-45-44-14-9-10-21-54(44)62-58(45)52;1-2/h8-33,35H,34H2,1-7H3;1-2H2/b40-8-;. The summed E-state index contributed by atoms with van der Waals surface area (Å²) in [4.78, 5) is 4.90. The molecule has 9 aromatic carbocycles. The van der Waals surface area contributed by atoms with Crippen LogP contribution in [0.5, 0.6) is 0 Å². The minimum Gasteiger partial charge on any atom is -0.454 e. The van der Waals surface area contributed by atoms with Crippen molar-refractivity contribution in [3.05, 3.63) is 203 Å². The first-order valence-corrected chi connectivity index (χ1v) is 22.7. The van der Waals surface area contributed by atoms with E-state index in [4.69, 9.17) is 8.83 Å². The molecule has 0 unspecified atom stereocenters. The quantitative estimate of drug-likeness (QED) is 0.143. The Labute approximate surface area is 381 Å². The normalized spacial score (nSPS) is 12.0. The molecule has 11 aromatic rings. The number of para-hydroxylation sites is 4. The lowest BCUT2D eigenvalue weighted by molar-refractivity contribution is 0.657. The van der Waals surface area contributed by atoms with Crippen molar-refractivity contribution < 1.29 is 8.83 Å². The maximum atomic E-state index is 7.03. The Bertz CT molecular complexity index is 3680. The van der Waals surface area contributed by atoms with Crippen molar-refractivity contribution >= 4 is 99.9 Å². The fraction of sp³-hybridized carbons (Fsp3) is 0.148. The van der Waals surface area contributed by atoms with Gasteiger partial charge in [0.1, 0.15) is 11.2 Å². The van der Waals surface area contributed by atoms with Crippen molar-refractivity contribution in [3.63, 3.8) is 0 Å². The first-order chi connectivity index (χ1) is 31.7. The molecule has 4 nitrogen and oxygen atoms in total. The number of anilines is 5. The molecule has 0 spiro atoms. The molecule has 0 aliphatic heterocycles. The molecular weight excluding hydrogens is 793 g/mol. The second kappa shape index (κ2) is 16.5. The Morgan fingerprint density at radius 1 is 0.508 bits per heavy atom. The number of nitrogens with zero attached hydrogens (tertiary/aromatic N) is 2. The molecule has 0 fully saturated rings. The zero-order valence-electron chi connectivity index (χ0n) is 38.4. The Hall–Kier alpha value is -7.56. The van der Waals surface area contributed by atoms with Crippen molar-refractivity contribution in [1.82, 2.24) is 0 Å². The minimum absolute atomic E-state index is 0.328. The molecule has 320 valence electrons. The summed E-state index contributed by atoms with van der Waals surface area (Å²) in [6, 6.07) is 55.5. The summed E-state index contributed by atoms with van der Waals surface area (Å²) >= 11 is 0. The lowest BCUT2D eigenvalue weighted by Gasteiger charge is -2.30. The molecule has 0 saturated carbocycles. The van der Waals surface area contributed by atoms with Crippen LogP contribution in [0.2, 0.25) is 0 Å². The van der Waals surface area contributed by atoms with Gasteiger partial charge in [0.25, 0.3) is 0 Å². The van der Waals surface area contributed by atoms with Crippen LogP contribution in [0.1, 0.15) is 60.1 Å². The Morgan fingerprint density at radius 3 is 1.82 bits per heavy atom. The van der Waals surface area contributed by atoms with Crippen LogP contribution in [-0.4, -0.2) is 0 Å². The molecule has 2 aromatic heterocycles. The molecule has 4 heteroatoms. The van der Waals surface area contributed by atoms with Crippen molar-refractivity contribution in [1.29, 1.82) is 0 Å². The van der Waals surface area contributed by atoms with Gasteiger partial charge in [-0.3, -0.25) is 0 Å². The van der Waals surface area contributed by atoms with Crippen LogP contribution in [0.4, 0.5) is 28.4 Å². The van der Waals surface area contributed by atoms with Gasteiger partial charge >= 0.3 is 0 Å². The molecule has 0 N–H and O–H groups in total. The molecule has 2 heterocycles. The number of fused-ring (bicyclic) bond motifs is 6. The predicted octanol–water partition coefficient (Wildman–Crippen LogP) is 17.3. The van der Waals surface area contributed by atoms with E-state index in [-0.39, 0.29) is 0 Å². The molecule has 0 amide bonds. The third-order valence-electron chi connectivity index (χ3n) is 13.2. The third kappa shape index (κ3) is 6.83. The largest absolute Gasteiger partial charge is 0.454 e. The van der Waals surface area contributed by atoms with E-state index in [0.29, 0.717) is 12.5 Å². The van der Waals surface area contributed by atoms with Gasteiger partial charge in [-0.05, 0) is 121 Å². The third-order valence-corrected chi connectivity index (χ3v) is 13.2. The fourth-order valence-electron chi connectivity index (χ4n) is 10.2. The molecular formula is C61H54N2O2. The van der Waals surface area contributed by atoms with Gasteiger partial charge in [-0.2, -0.15) is 0 Å². The number of furan rings is 2. The van der Waals surface area contributed by atoms with Crippen molar-refractivity contribution in [3.8, 4) is 0 Å². The topological polar surface area (TPSA) is 32.8 Å². The molecule has 0 bridgehead atoms. The van der Waals surface area contributed by atoms with Gasteiger partial charge in [-0.25, -0.2) is 0 Å². The van der Waals surface area contributed by atoms with Crippen LogP contribution < -0.4 is 15.0 Å². The maximum Gasteiger partial charge on any atom is 0.159 e. The van der Waals surface area contributed by atoms with Crippen LogP contribution in [0, 0.1) is 27.7 Å². The number of rotatable bonds is 8. The number of hydrogen-bond donors (Lipinski definition) is 0. The Balaban J connectivity index is 0.00000246. The lowest BCUT2D eigenvalue weighted by Crippen LogP contribution is -2.19. The highest BCUT2D eigenvalue weighted by molar-refractivity contribution is 6.19. The Kier molecular flexibility index (Phi) is 10.5. The molecule has 0 radical (unpaired) electrons. The van der Waals surface area contributed by atoms with E-state index >= 15 is 0 Å². The maximum absolute atomic E-state index is 7.03. The second-order valence-electron chi connectivity index (χ2n) is 17.7. The van der Waals surface area contributed by atoms with E-state index in [1.807, 2.05) is 6.07 Å². The fourth-order valence-corrected chi connectivity index (χ4v) is 10.2. The van der Waals surface area contributed by atoms with Crippen molar-refractivity contribution in [2.45, 2.75) is 60.9 Å². The average molecular weight is 847 g/mol. The minimum atomic E-state index is 0.328. The van der Waals surface area contributed by atoms with Crippen LogP contribution in [0.15, 0.2) is 174 Å². The molecule has 0 aliphatic carbocycles. The van der Waals surface area contributed by atoms with Gasteiger partial charge < -0.3 is 18.6 Å². The van der Waals surface area contributed by atoms with Gasteiger partial charge in [0.2, 0.25) is 0 Å². The number of benzene rings is 9. The highest BCUT2D eigenvalue weighted by Gasteiger charge is 2.26. The van der Waals surface area contributed by atoms with Gasteiger partial charge in [0, 0.05) is 44.9 Å². The molecule has 0 atom stereocenters. The van der Waals surface area contributed by atoms with Crippen LogP contribution >= 0.6 is 0 Å². The molecule has 65 heavy (non-hydrogen) atoms. The first kappa shape index (κ1) is 41.5. The molecule has 0 aliphatic rings. The van der Waals surface area contributed by atoms with Gasteiger partial charge in [-0.1, -0.05) is 146 Å². The summed E-state index contributed by atoms with van der Waals surface area (Å²) in [5.74, 6) is 0.328. The first-order valence-electron chi connectivity index (χ1n) is 22.7. The van der Waals surface area contributed by atoms with Crippen LogP contribution in [0.3, 0.4) is 0 Å². The molecule has 11 rings (SSSR count). The smallest absolute Gasteiger partial charge is 0.159 e. The van der Waals surface area contributed by atoms with Gasteiger partial charge in [0.15, 0.2) is 11.2 Å². The van der Waals surface area contributed by atoms with E-state index in [2.05, 4.69) is 223 Å². The monoisotopic (exact) mass is 846 g/mol. The van der Waals surface area contributed by atoms with Crippen LogP contribution in [-0.2, 0) is 6.54 Å². The summed E-state index contributed by atoms with van der Waals surface area (Å²) in [6.45, 7) is 22.0. The zero-order valence-corrected chi connectivity index (χ0v) is 38.4. The van der Waals surface area contributed by atoms with Crippen LogP contribution in [0.25, 0.3) is 71.5 Å². The molecule has 0 saturated heterocycles. The van der Waals surface area contributed by atoms with E-state index in [0.717, 1.165) is 72.3 Å². The summed E-state index contributed by atoms with van der Waals surface area (Å²) in [7, 11) is 0. The summed E-state index contributed by atoms with van der Waals surface area (Å²) < 4.78 is 13.7. The van der Waals surface area contributed by atoms with E-state index in [1.54, 1.807) is 0 Å². The number of aryl methyl sites for hydroxylation is 4. The zero-order chi connectivity index (χ0) is 45.1. The SMILES string of the molecule is C/C=c1/ccc2c(N(c3ccc(C)cc3C)c3cccc4c3oc3c(C(C)C)cccc34)ccc3ccc(CN(c4ccc(C)cc4C)c4cccc5c4oc4ccccc45)c1c32.C=C. The lowest BCUT2D eigenvalue weighted by atomic mass is 9.92. The van der Waals surface area contributed by atoms with Gasteiger partial charge in [-0.15, -0.1) is 13.2 Å². The van der Waals surface area contributed by atoms with E-state index in [9.17, 15) is 0 Å². The Morgan fingerprint density at radius 2 is 1.11 bits per heavy atom. The van der Waals surface area contributed by atoms with Gasteiger partial charge in [0.05, 0.1) is 17.1 Å².